The average molecular weight is 337 g/mol. The Hall–Kier alpha value is -1.38. The highest BCUT2D eigenvalue weighted by atomic mass is 16.5. The predicted octanol–water partition coefficient (Wildman–Crippen LogP) is 5.93. The molecule has 3 nitrogen and oxygen atoms in total. The maximum Gasteiger partial charge on any atom is 0.302 e. The molecule has 0 amide bonds. The number of unbranched alkanes of at least 4 members (excludes halogenated alkanes) is 8. The maximum atomic E-state index is 11.6. The van der Waals surface area contributed by atoms with Gasteiger partial charge in [-0.25, -0.2) is 0 Å². The quantitative estimate of drug-likeness (QED) is 0.152. The van der Waals surface area contributed by atoms with Crippen molar-refractivity contribution in [2.45, 2.75) is 90.9 Å². The van der Waals surface area contributed by atoms with Gasteiger partial charge in [-0.15, -0.1) is 0 Å². The molecule has 0 spiro atoms. The Labute approximate surface area is 148 Å². The largest absolute Gasteiger partial charge is 0.466 e. The van der Waals surface area contributed by atoms with E-state index in [9.17, 15) is 9.59 Å². The third kappa shape index (κ3) is 18.7. The normalized spacial score (nSPS) is 11.4. The van der Waals surface area contributed by atoms with E-state index in [1.165, 1.54) is 51.9 Å². The Bertz CT molecular complexity index is 369. The SMILES string of the molecule is CC/C=C/CCCCCCCCC/C=C/C(=O)CCCOC(C)=O. The molecular weight excluding hydrogens is 300 g/mol. The van der Waals surface area contributed by atoms with Gasteiger partial charge in [0.05, 0.1) is 6.61 Å². The van der Waals surface area contributed by atoms with E-state index in [-0.39, 0.29) is 11.8 Å². The van der Waals surface area contributed by atoms with Gasteiger partial charge in [-0.05, 0) is 44.6 Å². The first-order chi connectivity index (χ1) is 11.7. The number of carbonyl (C=O) groups is 2. The van der Waals surface area contributed by atoms with Gasteiger partial charge in [0.1, 0.15) is 0 Å². The second kappa shape index (κ2) is 18.0. The molecule has 0 radical (unpaired) electrons. The molecule has 138 valence electrons. The van der Waals surface area contributed by atoms with Crippen molar-refractivity contribution in [2.75, 3.05) is 6.61 Å². The lowest BCUT2D eigenvalue weighted by atomic mass is 10.1. The predicted molar refractivity (Wildman–Crippen MR) is 101 cm³/mol. The second-order valence-electron chi connectivity index (χ2n) is 6.24. The molecule has 0 unspecified atom stereocenters. The van der Waals surface area contributed by atoms with Gasteiger partial charge < -0.3 is 4.74 Å². The number of allylic oxidation sites excluding steroid dienone is 4. The molecule has 0 heterocycles. The summed E-state index contributed by atoms with van der Waals surface area (Å²) in [4.78, 5) is 22.1. The van der Waals surface area contributed by atoms with E-state index >= 15 is 0 Å². The molecular formula is C21H36O3. The fourth-order valence-electron chi connectivity index (χ4n) is 2.45. The maximum absolute atomic E-state index is 11.6. The van der Waals surface area contributed by atoms with Crippen molar-refractivity contribution < 1.29 is 14.3 Å². The molecule has 0 saturated carbocycles. The summed E-state index contributed by atoms with van der Waals surface area (Å²) >= 11 is 0. The molecule has 0 saturated heterocycles. The van der Waals surface area contributed by atoms with Crippen molar-refractivity contribution >= 4 is 11.8 Å². The molecule has 0 rings (SSSR count). The molecule has 0 fully saturated rings. The van der Waals surface area contributed by atoms with Gasteiger partial charge in [0.2, 0.25) is 0 Å². The number of carbonyl (C=O) groups excluding carboxylic acids is 2. The summed E-state index contributed by atoms with van der Waals surface area (Å²) in [5.41, 5.74) is 0. The molecule has 3 heteroatoms. The number of hydrogen-bond acceptors (Lipinski definition) is 3. The highest BCUT2D eigenvalue weighted by molar-refractivity contribution is 5.89. The van der Waals surface area contributed by atoms with Crippen LogP contribution < -0.4 is 0 Å². The van der Waals surface area contributed by atoms with Crippen LogP contribution in [0, 0.1) is 0 Å². The number of ketones is 1. The monoisotopic (exact) mass is 336 g/mol. The second-order valence-corrected chi connectivity index (χ2v) is 6.24. The van der Waals surface area contributed by atoms with Crippen LogP contribution >= 0.6 is 0 Å². The molecule has 0 aliphatic rings. The lowest BCUT2D eigenvalue weighted by Gasteiger charge is -2.00. The lowest BCUT2D eigenvalue weighted by molar-refractivity contribution is -0.141. The summed E-state index contributed by atoms with van der Waals surface area (Å²) in [6.07, 6.45) is 21.7. The molecule has 0 bridgehead atoms. The molecule has 0 aromatic heterocycles. The van der Waals surface area contributed by atoms with Gasteiger partial charge in [-0.2, -0.15) is 0 Å². The highest BCUT2D eigenvalue weighted by Gasteiger charge is 1.98. The number of hydrogen-bond donors (Lipinski definition) is 0. The summed E-state index contributed by atoms with van der Waals surface area (Å²) in [5, 5.41) is 0. The van der Waals surface area contributed by atoms with E-state index < -0.39 is 0 Å². The zero-order chi connectivity index (χ0) is 17.9. The van der Waals surface area contributed by atoms with Gasteiger partial charge in [-0.3, -0.25) is 9.59 Å². The summed E-state index contributed by atoms with van der Waals surface area (Å²) in [5.74, 6) is -0.161. The van der Waals surface area contributed by atoms with E-state index in [4.69, 9.17) is 4.74 Å². The van der Waals surface area contributed by atoms with Crippen LogP contribution in [0.4, 0.5) is 0 Å². The van der Waals surface area contributed by atoms with E-state index in [0.29, 0.717) is 19.4 Å². The minimum absolute atomic E-state index is 0.124. The molecule has 0 N–H and O–H groups in total. The lowest BCUT2D eigenvalue weighted by Crippen LogP contribution is -2.02. The average Bonchev–Trinajstić information content (AvgIpc) is 2.55. The summed E-state index contributed by atoms with van der Waals surface area (Å²) in [6.45, 7) is 3.89. The first-order valence-electron chi connectivity index (χ1n) is 9.64. The number of rotatable bonds is 16. The fourth-order valence-corrected chi connectivity index (χ4v) is 2.45. The van der Waals surface area contributed by atoms with Gasteiger partial charge in [0, 0.05) is 13.3 Å². The van der Waals surface area contributed by atoms with E-state index in [1.54, 1.807) is 6.08 Å². The topological polar surface area (TPSA) is 43.4 Å². The Balaban J connectivity index is 3.29. The minimum Gasteiger partial charge on any atom is -0.466 e. The Morgan fingerprint density at radius 1 is 0.792 bits per heavy atom. The summed E-state index contributed by atoms with van der Waals surface area (Å²) in [6, 6.07) is 0. The minimum atomic E-state index is -0.286. The van der Waals surface area contributed by atoms with Gasteiger partial charge in [0.25, 0.3) is 0 Å². The van der Waals surface area contributed by atoms with Crippen molar-refractivity contribution in [3.8, 4) is 0 Å². The first kappa shape index (κ1) is 22.6. The van der Waals surface area contributed by atoms with E-state index in [2.05, 4.69) is 19.1 Å². The highest BCUT2D eigenvalue weighted by Crippen LogP contribution is 2.10. The van der Waals surface area contributed by atoms with Crippen LogP contribution in [0.15, 0.2) is 24.3 Å². The summed E-state index contributed by atoms with van der Waals surface area (Å²) < 4.78 is 4.80. The van der Waals surface area contributed by atoms with Crippen LogP contribution in [0.25, 0.3) is 0 Å². The zero-order valence-corrected chi connectivity index (χ0v) is 15.7. The Morgan fingerprint density at radius 2 is 1.38 bits per heavy atom. The van der Waals surface area contributed by atoms with Crippen molar-refractivity contribution in [1.29, 1.82) is 0 Å². The number of ether oxygens (including phenoxy) is 1. The molecule has 0 aliphatic carbocycles. The van der Waals surface area contributed by atoms with E-state index in [0.717, 1.165) is 19.3 Å². The Morgan fingerprint density at radius 3 is 1.96 bits per heavy atom. The van der Waals surface area contributed by atoms with Crippen LogP contribution in [-0.4, -0.2) is 18.4 Å². The number of esters is 1. The smallest absolute Gasteiger partial charge is 0.302 e. The van der Waals surface area contributed by atoms with Crippen LogP contribution in [-0.2, 0) is 14.3 Å². The zero-order valence-electron chi connectivity index (χ0n) is 15.7. The third-order valence-electron chi connectivity index (χ3n) is 3.82. The van der Waals surface area contributed by atoms with Crippen molar-refractivity contribution in [3.05, 3.63) is 24.3 Å². The van der Waals surface area contributed by atoms with Crippen LogP contribution in [0.1, 0.15) is 90.9 Å². The van der Waals surface area contributed by atoms with Gasteiger partial charge in [-0.1, -0.05) is 57.3 Å². The van der Waals surface area contributed by atoms with Crippen molar-refractivity contribution in [2.24, 2.45) is 0 Å². The van der Waals surface area contributed by atoms with Crippen LogP contribution in [0.2, 0.25) is 0 Å². The fraction of sp³-hybridized carbons (Fsp3) is 0.714. The molecule has 24 heavy (non-hydrogen) atoms. The first-order valence-corrected chi connectivity index (χ1v) is 9.64. The summed E-state index contributed by atoms with van der Waals surface area (Å²) in [7, 11) is 0. The molecule has 0 aromatic carbocycles. The van der Waals surface area contributed by atoms with Crippen LogP contribution in [0.3, 0.4) is 0 Å². The van der Waals surface area contributed by atoms with Crippen molar-refractivity contribution in [1.82, 2.24) is 0 Å². The molecule has 0 aliphatic heterocycles. The van der Waals surface area contributed by atoms with Crippen LogP contribution in [0.5, 0.6) is 0 Å². The standard InChI is InChI=1S/C21H36O3/c1-3-4-5-6-7-8-9-10-11-12-13-14-15-17-21(23)18-16-19-24-20(2)22/h4-5,15,17H,3,6-14,16,18-19H2,1-2H3/b5-4+,17-15+. The molecule has 0 atom stereocenters. The molecule has 0 aromatic rings. The van der Waals surface area contributed by atoms with E-state index in [1.807, 2.05) is 6.08 Å². The third-order valence-corrected chi connectivity index (χ3v) is 3.82. The van der Waals surface area contributed by atoms with Gasteiger partial charge in [0.15, 0.2) is 5.78 Å². The Kier molecular flexibility index (Phi) is 16.9. The van der Waals surface area contributed by atoms with Gasteiger partial charge >= 0.3 is 5.97 Å². The van der Waals surface area contributed by atoms with Crippen molar-refractivity contribution in [3.63, 3.8) is 0 Å².